The maximum absolute atomic E-state index is 12.5. The number of pyridine rings is 1. The summed E-state index contributed by atoms with van der Waals surface area (Å²) in [6, 6.07) is 22.0. The third-order valence-corrected chi connectivity index (χ3v) is 5.62. The van der Waals surface area contributed by atoms with E-state index in [4.69, 9.17) is 18.6 Å². The lowest BCUT2D eigenvalue weighted by Crippen LogP contribution is -2.08. The van der Waals surface area contributed by atoms with Crippen LogP contribution < -0.4 is 14.2 Å². The van der Waals surface area contributed by atoms with Crippen molar-refractivity contribution >= 4 is 28.0 Å². The molecule has 0 bridgehead atoms. The summed E-state index contributed by atoms with van der Waals surface area (Å²) in [7, 11) is 3.15. The van der Waals surface area contributed by atoms with E-state index in [-0.39, 0.29) is 18.1 Å². The molecule has 0 aliphatic rings. The predicted molar refractivity (Wildman–Crippen MR) is 128 cm³/mol. The summed E-state index contributed by atoms with van der Waals surface area (Å²) < 4.78 is 22.8. The number of hydrogen-bond donors (Lipinski definition) is 1. The fourth-order valence-electron chi connectivity index (χ4n) is 3.99. The monoisotopic (exact) mass is 455 g/mol. The molecule has 0 saturated heterocycles. The van der Waals surface area contributed by atoms with Crippen LogP contribution >= 0.6 is 0 Å². The van der Waals surface area contributed by atoms with Gasteiger partial charge in [-0.2, -0.15) is 0 Å². The molecule has 170 valence electrons. The number of nitrogens with zero attached hydrogens (tertiary/aromatic N) is 1. The SMILES string of the molecule is COc1ccc(-c2c(C(=O)O)c(OCc3ccccc3OC)nc3c2oc2ccccc23)cc1. The molecule has 0 atom stereocenters. The molecular formula is C27H21NO6. The number of rotatable bonds is 7. The Labute approximate surface area is 195 Å². The van der Waals surface area contributed by atoms with Gasteiger partial charge in [-0.3, -0.25) is 0 Å². The normalized spacial score (nSPS) is 11.0. The van der Waals surface area contributed by atoms with Crippen molar-refractivity contribution in [3.63, 3.8) is 0 Å². The standard InChI is InChI=1S/C27H21NO6/c1-31-18-13-11-16(12-14-18)22-23(27(29)30)26(33-15-17-7-3-5-9-20(17)32-2)28-24-19-8-4-6-10-21(19)34-25(22)24/h3-14H,15H2,1-2H3,(H,29,30). The second-order valence-electron chi connectivity index (χ2n) is 7.58. The summed E-state index contributed by atoms with van der Waals surface area (Å²) in [4.78, 5) is 17.1. The van der Waals surface area contributed by atoms with E-state index in [1.54, 1.807) is 38.5 Å². The van der Waals surface area contributed by atoms with Crippen LogP contribution in [0.5, 0.6) is 17.4 Å². The average Bonchev–Trinajstić information content (AvgIpc) is 3.25. The number of methoxy groups -OCH3 is 2. The Kier molecular flexibility index (Phi) is 5.51. The van der Waals surface area contributed by atoms with E-state index in [9.17, 15) is 9.90 Å². The summed E-state index contributed by atoms with van der Waals surface area (Å²) in [5, 5.41) is 11.0. The third kappa shape index (κ3) is 3.67. The van der Waals surface area contributed by atoms with Gasteiger partial charge in [-0.1, -0.05) is 42.5 Å². The largest absolute Gasteiger partial charge is 0.497 e. The molecule has 5 aromatic rings. The first-order valence-electron chi connectivity index (χ1n) is 10.6. The number of hydrogen-bond acceptors (Lipinski definition) is 6. The van der Waals surface area contributed by atoms with Gasteiger partial charge in [0.2, 0.25) is 5.88 Å². The number of carboxylic acid groups (broad SMARTS) is 1. The number of ether oxygens (including phenoxy) is 3. The lowest BCUT2D eigenvalue weighted by Gasteiger charge is -2.14. The molecule has 0 saturated carbocycles. The van der Waals surface area contributed by atoms with Crippen molar-refractivity contribution in [2.24, 2.45) is 0 Å². The van der Waals surface area contributed by atoms with Crippen molar-refractivity contribution in [1.82, 2.24) is 4.98 Å². The molecule has 5 rings (SSSR count). The van der Waals surface area contributed by atoms with E-state index in [1.807, 2.05) is 48.5 Å². The van der Waals surface area contributed by atoms with Crippen molar-refractivity contribution in [2.75, 3.05) is 14.2 Å². The lowest BCUT2D eigenvalue weighted by molar-refractivity contribution is 0.0691. The van der Waals surface area contributed by atoms with Gasteiger partial charge in [0.25, 0.3) is 0 Å². The first-order chi connectivity index (χ1) is 16.6. The zero-order valence-electron chi connectivity index (χ0n) is 18.6. The Morgan fingerprint density at radius 1 is 0.941 bits per heavy atom. The smallest absolute Gasteiger partial charge is 0.342 e. The second kappa shape index (κ2) is 8.78. The number of benzene rings is 3. The zero-order chi connectivity index (χ0) is 23.7. The Bertz CT molecular complexity index is 1500. The van der Waals surface area contributed by atoms with E-state index >= 15 is 0 Å². The maximum atomic E-state index is 12.5. The maximum Gasteiger partial charge on any atom is 0.342 e. The summed E-state index contributed by atoms with van der Waals surface area (Å²) in [6.07, 6.45) is 0. The van der Waals surface area contributed by atoms with Crippen LogP contribution in [0.25, 0.3) is 33.2 Å². The lowest BCUT2D eigenvalue weighted by atomic mass is 9.99. The van der Waals surface area contributed by atoms with Gasteiger partial charge in [0, 0.05) is 16.5 Å². The number of aromatic nitrogens is 1. The first-order valence-corrected chi connectivity index (χ1v) is 10.6. The van der Waals surface area contributed by atoms with Crippen molar-refractivity contribution in [1.29, 1.82) is 0 Å². The van der Waals surface area contributed by atoms with Crippen LogP contribution in [0.1, 0.15) is 15.9 Å². The molecule has 1 N–H and O–H groups in total. The molecule has 0 amide bonds. The number of carbonyl (C=O) groups is 1. The van der Waals surface area contributed by atoms with Gasteiger partial charge in [0.05, 0.1) is 14.2 Å². The number of aromatic carboxylic acids is 1. The molecule has 2 heterocycles. The highest BCUT2D eigenvalue weighted by atomic mass is 16.5. The van der Waals surface area contributed by atoms with E-state index in [2.05, 4.69) is 4.98 Å². The average molecular weight is 455 g/mol. The molecule has 3 aromatic carbocycles. The van der Waals surface area contributed by atoms with Crippen LogP contribution in [-0.4, -0.2) is 30.3 Å². The second-order valence-corrected chi connectivity index (χ2v) is 7.58. The Hall–Kier alpha value is -4.52. The number of para-hydroxylation sites is 2. The van der Waals surface area contributed by atoms with Crippen LogP contribution in [0, 0.1) is 0 Å². The van der Waals surface area contributed by atoms with E-state index in [0.717, 1.165) is 10.9 Å². The fraction of sp³-hybridized carbons (Fsp3) is 0.111. The van der Waals surface area contributed by atoms with E-state index in [1.165, 1.54) is 0 Å². The molecule has 0 aliphatic carbocycles. The molecule has 0 unspecified atom stereocenters. The van der Waals surface area contributed by atoms with Gasteiger partial charge in [-0.25, -0.2) is 9.78 Å². The third-order valence-electron chi connectivity index (χ3n) is 5.62. The summed E-state index contributed by atoms with van der Waals surface area (Å²) >= 11 is 0. The topological polar surface area (TPSA) is 91.0 Å². The van der Waals surface area contributed by atoms with Crippen LogP contribution in [-0.2, 0) is 6.61 Å². The highest BCUT2D eigenvalue weighted by molar-refractivity contribution is 6.13. The molecule has 0 aliphatic heterocycles. The van der Waals surface area contributed by atoms with Gasteiger partial charge < -0.3 is 23.7 Å². The van der Waals surface area contributed by atoms with Crippen molar-refractivity contribution < 1.29 is 28.5 Å². The van der Waals surface area contributed by atoms with Gasteiger partial charge in [0.1, 0.15) is 34.8 Å². The molecule has 2 aromatic heterocycles. The Morgan fingerprint density at radius 2 is 1.68 bits per heavy atom. The van der Waals surface area contributed by atoms with Gasteiger partial charge in [0.15, 0.2) is 5.58 Å². The molecular weight excluding hydrogens is 434 g/mol. The van der Waals surface area contributed by atoms with Crippen LogP contribution in [0.2, 0.25) is 0 Å². The summed E-state index contributed by atoms with van der Waals surface area (Å²) in [5.74, 6) is 0.131. The van der Waals surface area contributed by atoms with E-state index in [0.29, 0.717) is 39.3 Å². The predicted octanol–water partition coefficient (Wildman–Crippen LogP) is 5.94. The molecule has 7 heteroatoms. The van der Waals surface area contributed by atoms with E-state index < -0.39 is 5.97 Å². The number of fused-ring (bicyclic) bond motifs is 3. The Morgan fingerprint density at radius 3 is 2.41 bits per heavy atom. The summed E-state index contributed by atoms with van der Waals surface area (Å²) in [6.45, 7) is 0.0840. The molecule has 0 fully saturated rings. The first kappa shape index (κ1) is 21.3. The van der Waals surface area contributed by atoms with Crippen LogP contribution in [0.4, 0.5) is 0 Å². The molecule has 0 spiro atoms. The zero-order valence-corrected chi connectivity index (χ0v) is 18.6. The van der Waals surface area contributed by atoms with Crippen LogP contribution in [0.15, 0.2) is 77.2 Å². The highest BCUT2D eigenvalue weighted by Crippen LogP contribution is 2.41. The van der Waals surface area contributed by atoms with Crippen molar-refractivity contribution in [3.05, 3.63) is 83.9 Å². The minimum Gasteiger partial charge on any atom is -0.497 e. The number of furan rings is 1. The quantitative estimate of drug-likeness (QED) is 0.325. The summed E-state index contributed by atoms with van der Waals surface area (Å²) in [5.41, 5.74) is 3.25. The fourth-order valence-corrected chi connectivity index (χ4v) is 3.99. The van der Waals surface area contributed by atoms with Gasteiger partial charge in [-0.15, -0.1) is 0 Å². The molecule has 34 heavy (non-hydrogen) atoms. The van der Waals surface area contributed by atoms with Crippen molar-refractivity contribution in [3.8, 4) is 28.5 Å². The van der Waals surface area contributed by atoms with Crippen LogP contribution in [0.3, 0.4) is 0 Å². The number of carboxylic acids is 1. The molecule has 0 radical (unpaired) electrons. The van der Waals surface area contributed by atoms with Crippen molar-refractivity contribution in [2.45, 2.75) is 6.61 Å². The molecule has 7 nitrogen and oxygen atoms in total. The van der Waals surface area contributed by atoms with Gasteiger partial charge >= 0.3 is 5.97 Å². The minimum atomic E-state index is -1.17. The Balaban J connectivity index is 1.74. The minimum absolute atomic E-state index is 0.00303. The highest BCUT2D eigenvalue weighted by Gasteiger charge is 2.27. The van der Waals surface area contributed by atoms with Gasteiger partial charge in [-0.05, 0) is 35.9 Å².